The largest absolute Gasteiger partial charge is 0.508 e. The van der Waals surface area contributed by atoms with Gasteiger partial charge >= 0.3 is 0 Å². The molecule has 0 atom stereocenters. The van der Waals surface area contributed by atoms with Gasteiger partial charge in [0.25, 0.3) is 0 Å². The third-order valence-corrected chi connectivity index (χ3v) is 4.71. The number of para-hydroxylation sites is 1. The maximum atomic E-state index is 13.3. The number of phenols is 1. The van der Waals surface area contributed by atoms with Gasteiger partial charge in [-0.05, 0) is 49.7 Å². The van der Waals surface area contributed by atoms with Gasteiger partial charge in [-0.2, -0.15) is 0 Å². The number of hydrogen-bond acceptors (Lipinski definition) is 3. The molecule has 0 spiro atoms. The SMILES string of the molecule is Cc1cc(C)cc(C(=O)c2oc3ccccc3c2Cc2ccc(O)cc2)c1. The van der Waals surface area contributed by atoms with Gasteiger partial charge in [0.05, 0.1) is 0 Å². The highest BCUT2D eigenvalue weighted by Crippen LogP contribution is 2.30. The van der Waals surface area contributed by atoms with E-state index in [-0.39, 0.29) is 11.5 Å². The Morgan fingerprint density at radius 2 is 1.59 bits per heavy atom. The van der Waals surface area contributed by atoms with Crippen LogP contribution in [0.1, 0.15) is 38.4 Å². The fourth-order valence-electron chi connectivity index (χ4n) is 3.51. The molecule has 3 nitrogen and oxygen atoms in total. The van der Waals surface area contributed by atoms with Gasteiger partial charge in [-0.15, -0.1) is 0 Å². The van der Waals surface area contributed by atoms with Crippen LogP contribution in [0, 0.1) is 13.8 Å². The zero-order chi connectivity index (χ0) is 19.0. The summed E-state index contributed by atoms with van der Waals surface area (Å²) in [5, 5.41) is 10.5. The number of fused-ring (bicyclic) bond motifs is 1. The molecule has 0 saturated heterocycles. The Morgan fingerprint density at radius 3 is 2.30 bits per heavy atom. The van der Waals surface area contributed by atoms with E-state index in [9.17, 15) is 9.90 Å². The van der Waals surface area contributed by atoms with Gasteiger partial charge in [0.2, 0.25) is 5.78 Å². The highest BCUT2D eigenvalue weighted by molar-refractivity contribution is 6.10. The standard InChI is InChI=1S/C24H20O3/c1-15-11-16(2)13-18(12-15)23(26)24-21(14-17-7-9-19(25)10-8-17)20-5-3-4-6-22(20)27-24/h3-13,25H,14H2,1-2H3. The third kappa shape index (κ3) is 3.36. The van der Waals surface area contributed by atoms with Crippen LogP contribution in [0.4, 0.5) is 0 Å². The normalized spacial score (nSPS) is 11.0. The van der Waals surface area contributed by atoms with Crippen LogP contribution < -0.4 is 0 Å². The first kappa shape index (κ1) is 17.1. The predicted molar refractivity (Wildman–Crippen MR) is 106 cm³/mol. The van der Waals surface area contributed by atoms with Crippen LogP contribution in [-0.2, 0) is 6.42 Å². The van der Waals surface area contributed by atoms with Crippen molar-refractivity contribution in [3.05, 3.63) is 100 Å². The molecule has 1 heterocycles. The van der Waals surface area contributed by atoms with E-state index in [4.69, 9.17) is 4.42 Å². The first-order valence-electron chi connectivity index (χ1n) is 8.92. The molecule has 4 rings (SSSR count). The van der Waals surface area contributed by atoms with Crippen molar-refractivity contribution in [2.45, 2.75) is 20.3 Å². The highest BCUT2D eigenvalue weighted by Gasteiger charge is 2.22. The van der Waals surface area contributed by atoms with Crippen LogP contribution in [0.3, 0.4) is 0 Å². The summed E-state index contributed by atoms with van der Waals surface area (Å²) in [6, 6.07) is 20.6. The number of aryl methyl sites for hydroxylation is 2. The molecule has 3 heteroatoms. The quantitative estimate of drug-likeness (QED) is 0.486. The van der Waals surface area contributed by atoms with Crippen LogP contribution in [0.2, 0.25) is 0 Å². The van der Waals surface area contributed by atoms with E-state index in [2.05, 4.69) is 0 Å². The lowest BCUT2D eigenvalue weighted by Crippen LogP contribution is -2.04. The van der Waals surface area contributed by atoms with Gasteiger partial charge in [0.1, 0.15) is 11.3 Å². The third-order valence-electron chi connectivity index (χ3n) is 4.71. The molecular formula is C24H20O3. The fourth-order valence-corrected chi connectivity index (χ4v) is 3.51. The first-order chi connectivity index (χ1) is 13.0. The number of carbonyl (C=O) groups excluding carboxylic acids is 1. The molecule has 0 radical (unpaired) electrons. The van der Waals surface area contributed by atoms with E-state index in [0.29, 0.717) is 23.3 Å². The molecule has 134 valence electrons. The molecule has 1 N–H and O–H groups in total. The molecule has 0 fully saturated rings. The number of furan rings is 1. The first-order valence-corrected chi connectivity index (χ1v) is 8.92. The predicted octanol–water partition coefficient (Wildman–Crippen LogP) is 5.58. The van der Waals surface area contributed by atoms with Gasteiger partial charge < -0.3 is 9.52 Å². The maximum absolute atomic E-state index is 13.3. The number of carbonyl (C=O) groups is 1. The zero-order valence-electron chi connectivity index (χ0n) is 15.3. The van der Waals surface area contributed by atoms with Gasteiger partial charge in [0, 0.05) is 22.9 Å². The van der Waals surface area contributed by atoms with Crippen LogP contribution in [0.25, 0.3) is 11.0 Å². The van der Waals surface area contributed by atoms with E-state index >= 15 is 0 Å². The zero-order valence-corrected chi connectivity index (χ0v) is 15.3. The molecular weight excluding hydrogens is 336 g/mol. The minimum atomic E-state index is -0.105. The number of hydrogen-bond donors (Lipinski definition) is 1. The number of benzene rings is 3. The van der Waals surface area contributed by atoms with Crippen molar-refractivity contribution in [3.63, 3.8) is 0 Å². The smallest absolute Gasteiger partial charge is 0.228 e. The Kier molecular flexibility index (Phi) is 4.28. The molecule has 0 amide bonds. The molecule has 0 aliphatic carbocycles. The van der Waals surface area contributed by atoms with Gasteiger partial charge in [-0.1, -0.05) is 47.5 Å². The van der Waals surface area contributed by atoms with Crippen molar-refractivity contribution in [1.29, 1.82) is 0 Å². The minimum Gasteiger partial charge on any atom is -0.508 e. The van der Waals surface area contributed by atoms with Crippen molar-refractivity contribution in [3.8, 4) is 5.75 Å². The second-order valence-electron chi connectivity index (χ2n) is 6.95. The van der Waals surface area contributed by atoms with E-state index < -0.39 is 0 Å². The number of rotatable bonds is 4. The Balaban J connectivity index is 1.84. The second kappa shape index (κ2) is 6.76. The van der Waals surface area contributed by atoms with Crippen molar-refractivity contribution in [2.24, 2.45) is 0 Å². The number of aromatic hydroxyl groups is 1. The summed E-state index contributed by atoms with van der Waals surface area (Å²) in [6.07, 6.45) is 0.559. The Bertz CT molecular complexity index is 1110. The minimum absolute atomic E-state index is 0.105. The summed E-state index contributed by atoms with van der Waals surface area (Å²) in [4.78, 5) is 13.3. The number of phenolic OH excluding ortho intramolecular Hbond substituents is 1. The summed E-state index contributed by atoms with van der Waals surface area (Å²) in [5.41, 5.74) is 5.33. The Labute approximate surface area is 157 Å². The van der Waals surface area contributed by atoms with Crippen molar-refractivity contribution >= 4 is 16.8 Å². The van der Waals surface area contributed by atoms with Gasteiger partial charge in [0.15, 0.2) is 5.76 Å². The Hall–Kier alpha value is -3.33. The van der Waals surface area contributed by atoms with Crippen LogP contribution in [-0.4, -0.2) is 10.9 Å². The molecule has 0 aliphatic rings. The average Bonchev–Trinajstić information content (AvgIpc) is 3.01. The fraction of sp³-hybridized carbons (Fsp3) is 0.125. The van der Waals surface area contributed by atoms with Gasteiger partial charge in [-0.25, -0.2) is 0 Å². The molecule has 1 aromatic heterocycles. The topological polar surface area (TPSA) is 50.4 Å². The van der Waals surface area contributed by atoms with E-state index in [1.807, 2.05) is 68.4 Å². The van der Waals surface area contributed by atoms with E-state index in [1.165, 1.54) is 0 Å². The van der Waals surface area contributed by atoms with Crippen LogP contribution in [0.5, 0.6) is 5.75 Å². The summed E-state index contributed by atoms with van der Waals surface area (Å²) in [6.45, 7) is 3.97. The average molecular weight is 356 g/mol. The van der Waals surface area contributed by atoms with E-state index in [0.717, 1.165) is 27.6 Å². The highest BCUT2D eigenvalue weighted by atomic mass is 16.3. The van der Waals surface area contributed by atoms with Gasteiger partial charge in [-0.3, -0.25) is 4.79 Å². The van der Waals surface area contributed by atoms with Crippen LogP contribution in [0.15, 0.2) is 71.1 Å². The summed E-state index contributed by atoms with van der Waals surface area (Å²) >= 11 is 0. The van der Waals surface area contributed by atoms with Crippen molar-refractivity contribution in [1.82, 2.24) is 0 Å². The molecule has 4 aromatic rings. The lowest BCUT2D eigenvalue weighted by Gasteiger charge is -2.06. The second-order valence-corrected chi connectivity index (χ2v) is 6.95. The molecule has 0 unspecified atom stereocenters. The van der Waals surface area contributed by atoms with E-state index in [1.54, 1.807) is 12.1 Å². The summed E-state index contributed by atoms with van der Waals surface area (Å²) in [7, 11) is 0. The Morgan fingerprint density at radius 1 is 0.926 bits per heavy atom. The lowest BCUT2D eigenvalue weighted by atomic mass is 9.96. The molecule has 27 heavy (non-hydrogen) atoms. The molecule has 3 aromatic carbocycles. The van der Waals surface area contributed by atoms with Crippen molar-refractivity contribution in [2.75, 3.05) is 0 Å². The molecule has 0 bridgehead atoms. The maximum Gasteiger partial charge on any atom is 0.228 e. The number of ketones is 1. The molecule has 0 aliphatic heterocycles. The lowest BCUT2D eigenvalue weighted by molar-refractivity contribution is 0.101. The van der Waals surface area contributed by atoms with Crippen molar-refractivity contribution < 1.29 is 14.3 Å². The summed E-state index contributed by atoms with van der Waals surface area (Å²) < 4.78 is 5.99. The monoisotopic (exact) mass is 356 g/mol. The van der Waals surface area contributed by atoms with Crippen LogP contribution >= 0.6 is 0 Å². The summed E-state index contributed by atoms with van der Waals surface area (Å²) in [5.74, 6) is 0.503. The molecule has 0 saturated carbocycles.